The predicted molar refractivity (Wildman–Crippen MR) is 56.1 cm³/mol. The first-order valence-corrected chi connectivity index (χ1v) is 5.59. The molecule has 3 atom stereocenters. The SMILES string of the molecule is Cn1ccc(NC2CCCC3CC32)n1. The van der Waals surface area contributed by atoms with E-state index in [-0.39, 0.29) is 0 Å². The molecule has 3 nitrogen and oxygen atoms in total. The van der Waals surface area contributed by atoms with Gasteiger partial charge in [0.05, 0.1) is 0 Å². The van der Waals surface area contributed by atoms with Crippen molar-refractivity contribution in [3.05, 3.63) is 12.3 Å². The van der Waals surface area contributed by atoms with Crippen molar-refractivity contribution in [2.75, 3.05) is 5.32 Å². The van der Waals surface area contributed by atoms with Crippen molar-refractivity contribution < 1.29 is 0 Å². The molecule has 2 saturated carbocycles. The van der Waals surface area contributed by atoms with Gasteiger partial charge in [0.15, 0.2) is 0 Å². The van der Waals surface area contributed by atoms with Gasteiger partial charge in [0.2, 0.25) is 0 Å². The fourth-order valence-corrected chi connectivity index (χ4v) is 2.77. The summed E-state index contributed by atoms with van der Waals surface area (Å²) in [6, 6.07) is 2.76. The fourth-order valence-electron chi connectivity index (χ4n) is 2.77. The van der Waals surface area contributed by atoms with Crippen molar-refractivity contribution in [1.29, 1.82) is 0 Å². The number of nitrogens with zero attached hydrogens (tertiary/aromatic N) is 2. The highest BCUT2D eigenvalue weighted by Gasteiger charge is 2.45. The second kappa shape index (κ2) is 3.01. The molecule has 1 aromatic rings. The van der Waals surface area contributed by atoms with E-state index in [1.807, 2.05) is 17.9 Å². The first-order chi connectivity index (χ1) is 6.83. The fraction of sp³-hybridized carbons (Fsp3) is 0.727. The Hall–Kier alpha value is -0.990. The molecule has 1 heterocycles. The molecule has 2 fully saturated rings. The standard InChI is InChI=1S/C11H17N3/c1-14-6-5-11(13-14)12-10-4-2-3-8-7-9(8)10/h5-6,8-10H,2-4,7H2,1H3,(H,12,13). The zero-order valence-corrected chi connectivity index (χ0v) is 8.61. The Bertz CT molecular complexity index is 331. The lowest BCUT2D eigenvalue weighted by Gasteiger charge is -2.22. The first kappa shape index (κ1) is 8.33. The maximum absolute atomic E-state index is 4.36. The number of rotatable bonds is 2. The van der Waals surface area contributed by atoms with Gasteiger partial charge in [0.25, 0.3) is 0 Å². The molecule has 2 aliphatic rings. The number of anilines is 1. The molecule has 0 spiro atoms. The summed E-state index contributed by atoms with van der Waals surface area (Å²) in [6.45, 7) is 0. The van der Waals surface area contributed by atoms with Crippen LogP contribution >= 0.6 is 0 Å². The summed E-state index contributed by atoms with van der Waals surface area (Å²) in [5, 5.41) is 7.92. The second-order valence-corrected chi connectivity index (χ2v) is 4.72. The highest BCUT2D eigenvalue weighted by atomic mass is 15.3. The van der Waals surface area contributed by atoms with Gasteiger partial charge in [0, 0.05) is 25.4 Å². The van der Waals surface area contributed by atoms with Crippen LogP contribution in [-0.4, -0.2) is 15.8 Å². The van der Waals surface area contributed by atoms with E-state index in [0.717, 1.165) is 17.7 Å². The van der Waals surface area contributed by atoms with Crippen molar-refractivity contribution in [3.8, 4) is 0 Å². The molecule has 1 N–H and O–H groups in total. The Kier molecular flexibility index (Phi) is 1.79. The van der Waals surface area contributed by atoms with E-state index < -0.39 is 0 Å². The molecular weight excluding hydrogens is 174 g/mol. The Morgan fingerprint density at radius 2 is 2.43 bits per heavy atom. The minimum Gasteiger partial charge on any atom is -0.366 e. The summed E-state index contributed by atoms with van der Waals surface area (Å²) >= 11 is 0. The molecule has 2 aliphatic carbocycles. The predicted octanol–water partition coefficient (Wildman–Crippen LogP) is 2.02. The highest BCUT2D eigenvalue weighted by Crippen LogP contribution is 2.50. The van der Waals surface area contributed by atoms with Crippen molar-refractivity contribution in [2.45, 2.75) is 31.7 Å². The summed E-state index contributed by atoms with van der Waals surface area (Å²) in [5.41, 5.74) is 0. The van der Waals surface area contributed by atoms with Crippen molar-refractivity contribution in [3.63, 3.8) is 0 Å². The van der Waals surface area contributed by atoms with Gasteiger partial charge in [-0.25, -0.2) is 0 Å². The molecule has 3 rings (SSSR count). The lowest BCUT2D eigenvalue weighted by Crippen LogP contribution is -2.25. The molecule has 3 heteroatoms. The molecule has 0 saturated heterocycles. The molecule has 1 aromatic heterocycles. The number of nitrogens with one attached hydrogen (secondary N) is 1. The van der Waals surface area contributed by atoms with Crippen LogP contribution in [0.4, 0.5) is 5.82 Å². The normalized spacial score (nSPS) is 35.1. The second-order valence-electron chi connectivity index (χ2n) is 4.72. The molecule has 0 radical (unpaired) electrons. The summed E-state index contributed by atoms with van der Waals surface area (Å²) in [7, 11) is 1.96. The molecule has 3 unspecified atom stereocenters. The van der Waals surface area contributed by atoms with Crippen molar-refractivity contribution in [1.82, 2.24) is 9.78 Å². The molecular formula is C11H17N3. The van der Waals surface area contributed by atoms with Gasteiger partial charge < -0.3 is 5.32 Å². The van der Waals surface area contributed by atoms with Crippen LogP contribution in [0.5, 0.6) is 0 Å². The summed E-state index contributed by atoms with van der Waals surface area (Å²) < 4.78 is 1.86. The van der Waals surface area contributed by atoms with Crippen LogP contribution < -0.4 is 5.32 Å². The third-order valence-corrected chi connectivity index (χ3v) is 3.63. The number of aryl methyl sites for hydroxylation is 1. The van der Waals surface area contributed by atoms with E-state index in [9.17, 15) is 0 Å². The molecule has 0 bridgehead atoms. The van der Waals surface area contributed by atoms with E-state index in [0.29, 0.717) is 6.04 Å². The van der Waals surface area contributed by atoms with Gasteiger partial charge in [-0.1, -0.05) is 12.8 Å². The van der Waals surface area contributed by atoms with Crippen LogP contribution in [0.2, 0.25) is 0 Å². The lowest BCUT2D eigenvalue weighted by atomic mass is 9.95. The molecule has 0 aliphatic heterocycles. The van der Waals surface area contributed by atoms with Gasteiger partial charge in [-0.2, -0.15) is 5.10 Å². The maximum atomic E-state index is 4.36. The molecule has 76 valence electrons. The van der Waals surface area contributed by atoms with Crippen LogP contribution in [0, 0.1) is 11.8 Å². The maximum Gasteiger partial charge on any atom is 0.148 e. The van der Waals surface area contributed by atoms with E-state index in [1.54, 1.807) is 0 Å². The lowest BCUT2D eigenvalue weighted by molar-refractivity contribution is 0.438. The quantitative estimate of drug-likeness (QED) is 0.775. The van der Waals surface area contributed by atoms with Crippen LogP contribution in [0.3, 0.4) is 0 Å². The molecule has 0 amide bonds. The van der Waals surface area contributed by atoms with Gasteiger partial charge in [-0.15, -0.1) is 0 Å². The average molecular weight is 191 g/mol. The summed E-state index contributed by atoms with van der Waals surface area (Å²) in [6.07, 6.45) is 7.63. The van der Waals surface area contributed by atoms with Gasteiger partial charge in [-0.3, -0.25) is 4.68 Å². The highest BCUT2D eigenvalue weighted by molar-refractivity contribution is 5.34. The van der Waals surface area contributed by atoms with Crippen molar-refractivity contribution in [2.24, 2.45) is 18.9 Å². The Morgan fingerprint density at radius 3 is 3.21 bits per heavy atom. The van der Waals surface area contributed by atoms with Gasteiger partial charge in [-0.05, 0) is 24.7 Å². The first-order valence-electron chi connectivity index (χ1n) is 5.59. The van der Waals surface area contributed by atoms with Gasteiger partial charge >= 0.3 is 0 Å². The smallest absolute Gasteiger partial charge is 0.148 e. The molecule has 0 aromatic carbocycles. The number of fused-ring (bicyclic) bond motifs is 1. The largest absolute Gasteiger partial charge is 0.366 e. The topological polar surface area (TPSA) is 29.9 Å². The summed E-state index contributed by atoms with van der Waals surface area (Å²) in [4.78, 5) is 0. The van der Waals surface area contributed by atoms with E-state index >= 15 is 0 Å². The van der Waals surface area contributed by atoms with Crippen molar-refractivity contribution >= 4 is 5.82 Å². The monoisotopic (exact) mass is 191 g/mol. The minimum absolute atomic E-state index is 0.698. The molecule has 14 heavy (non-hydrogen) atoms. The van der Waals surface area contributed by atoms with Gasteiger partial charge in [0.1, 0.15) is 5.82 Å². The van der Waals surface area contributed by atoms with Crippen LogP contribution in [0.15, 0.2) is 12.3 Å². The van der Waals surface area contributed by atoms with Crippen LogP contribution in [0.1, 0.15) is 25.7 Å². The zero-order chi connectivity index (χ0) is 9.54. The Labute approximate surface area is 84.5 Å². The zero-order valence-electron chi connectivity index (χ0n) is 8.61. The van der Waals surface area contributed by atoms with E-state index in [4.69, 9.17) is 0 Å². The number of aromatic nitrogens is 2. The third kappa shape index (κ3) is 1.41. The Morgan fingerprint density at radius 1 is 1.50 bits per heavy atom. The average Bonchev–Trinajstić information content (AvgIpc) is 2.86. The van der Waals surface area contributed by atoms with E-state index in [2.05, 4.69) is 16.5 Å². The van der Waals surface area contributed by atoms with Crippen LogP contribution in [0.25, 0.3) is 0 Å². The van der Waals surface area contributed by atoms with E-state index in [1.165, 1.54) is 25.7 Å². The Balaban J connectivity index is 1.66. The minimum atomic E-state index is 0.698. The summed E-state index contributed by atoms with van der Waals surface area (Å²) in [5.74, 6) is 3.03. The third-order valence-electron chi connectivity index (χ3n) is 3.63. The van der Waals surface area contributed by atoms with Crippen LogP contribution in [-0.2, 0) is 7.05 Å². The number of hydrogen-bond acceptors (Lipinski definition) is 2. The number of hydrogen-bond donors (Lipinski definition) is 1.